The van der Waals surface area contributed by atoms with E-state index < -0.39 is 8.56 Å². The SMILES string of the molecule is CCCCCCCCCCCCCCCCCCC[Si](N(C)C)(N(C)C)N(C)C. The average molecular weight is 428 g/mol. The van der Waals surface area contributed by atoms with Gasteiger partial charge < -0.3 is 13.7 Å². The second-order valence-corrected chi connectivity index (χ2v) is 14.6. The summed E-state index contributed by atoms with van der Waals surface area (Å²) >= 11 is 0. The Morgan fingerprint density at radius 3 is 0.862 bits per heavy atom. The smallest absolute Gasteiger partial charge is 0.288 e. The summed E-state index contributed by atoms with van der Waals surface area (Å²) in [6.45, 7) is 2.30. The molecule has 4 heteroatoms. The van der Waals surface area contributed by atoms with E-state index in [4.69, 9.17) is 0 Å². The lowest BCUT2D eigenvalue weighted by atomic mass is 10.0. The van der Waals surface area contributed by atoms with E-state index in [2.05, 4.69) is 62.9 Å². The van der Waals surface area contributed by atoms with Gasteiger partial charge in [0.05, 0.1) is 0 Å². The first kappa shape index (κ1) is 29.1. The zero-order valence-electron chi connectivity index (χ0n) is 21.6. The average Bonchev–Trinajstić information content (AvgIpc) is 2.66. The Kier molecular flexibility index (Phi) is 18.9. The van der Waals surface area contributed by atoms with Gasteiger partial charge in [0.25, 0.3) is 8.56 Å². The van der Waals surface area contributed by atoms with Crippen LogP contribution in [0.25, 0.3) is 0 Å². The molecule has 3 nitrogen and oxygen atoms in total. The number of unbranched alkanes of at least 4 members (excludes halogenated alkanes) is 16. The normalized spacial score (nSPS) is 12.6. The summed E-state index contributed by atoms with van der Waals surface area (Å²) in [6, 6.07) is 1.35. The van der Waals surface area contributed by atoms with Crippen molar-refractivity contribution in [1.29, 1.82) is 0 Å². The molecule has 0 aliphatic carbocycles. The van der Waals surface area contributed by atoms with Crippen molar-refractivity contribution in [2.45, 2.75) is 122 Å². The van der Waals surface area contributed by atoms with Gasteiger partial charge in [-0.15, -0.1) is 0 Å². The fraction of sp³-hybridized carbons (Fsp3) is 1.00. The van der Waals surface area contributed by atoms with Gasteiger partial charge in [-0.3, -0.25) is 0 Å². The lowest BCUT2D eigenvalue weighted by Gasteiger charge is -2.46. The van der Waals surface area contributed by atoms with Crippen LogP contribution in [-0.4, -0.2) is 64.5 Å². The maximum Gasteiger partial charge on any atom is 0.288 e. The van der Waals surface area contributed by atoms with E-state index in [0.29, 0.717) is 0 Å². The first-order chi connectivity index (χ1) is 13.9. The molecule has 0 saturated heterocycles. The van der Waals surface area contributed by atoms with Crippen molar-refractivity contribution in [3.63, 3.8) is 0 Å². The lowest BCUT2D eigenvalue weighted by molar-refractivity contribution is 0.372. The summed E-state index contributed by atoms with van der Waals surface area (Å²) in [6.07, 6.45) is 24.6. The van der Waals surface area contributed by atoms with Crippen LogP contribution in [0.1, 0.15) is 116 Å². The highest BCUT2D eigenvalue weighted by atomic mass is 28.4. The van der Waals surface area contributed by atoms with Crippen molar-refractivity contribution >= 4 is 8.56 Å². The van der Waals surface area contributed by atoms with Crippen molar-refractivity contribution in [2.75, 3.05) is 42.3 Å². The second-order valence-electron chi connectivity index (χ2n) is 9.86. The number of hydrogen-bond acceptors (Lipinski definition) is 3. The molecule has 0 bridgehead atoms. The summed E-state index contributed by atoms with van der Waals surface area (Å²) in [5.41, 5.74) is 0. The quantitative estimate of drug-likeness (QED) is 0.141. The maximum absolute atomic E-state index is 2.50. The van der Waals surface area contributed by atoms with E-state index in [1.807, 2.05) is 0 Å². The van der Waals surface area contributed by atoms with Gasteiger partial charge in [-0.25, -0.2) is 0 Å². The molecule has 0 heterocycles. The minimum absolute atomic E-state index is 1.35. The minimum Gasteiger partial charge on any atom is -0.305 e. The molecule has 176 valence electrons. The highest BCUT2D eigenvalue weighted by Gasteiger charge is 2.41. The molecular weight excluding hydrogens is 370 g/mol. The minimum atomic E-state index is -1.64. The van der Waals surface area contributed by atoms with Crippen LogP contribution in [0, 0.1) is 0 Å². The Morgan fingerprint density at radius 1 is 0.379 bits per heavy atom. The van der Waals surface area contributed by atoms with Crippen LogP contribution in [0.15, 0.2) is 0 Å². The van der Waals surface area contributed by atoms with Gasteiger partial charge in [0.2, 0.25) is 0 Å². The summed E-state index contributed by atoms with van der Waals surface area (Å²) in [5, 5.41) is 0. The molecule has 0 saturated carbocycles. The van der Waals surface area contributed by atoms with Crippen LogP contribution in [0.3, 0.4) is 0 Å². The molecule has 29 heavy (non-hydrogen) atoms. The first-order valence-corrected chi connectivity index (χ1v) is 15.0. The third-order valence-corrected chi connectivity index (χ3v) is 12.1. The Hall–Kier alpha value is 0.0969. The molecule has 0 spiro atoms. The van der Waals surface area contributed by atoms with E-state index in [-0.39, 0.29) is 0 Å². The lowest BCUT2D eigenvalue weighted by Crippen LogP contribution is -2.69. The van der Waals surface area contributed by atoms with Crippen LogP contribution in [0.5, 0.6) is 0 Å². The van der Waals surface area contributed by atoms with Crippen LogP contribution in [0.2, 0.25) is 6.04 Å². The molecule has 0 N–H and O–H groups in total. The van der Waals surface area contributed by atoms with Gasteiger partial charge in [-0.1, -0.05) is 116 Å². The predicted molar refractivity (Wildman–Crippen MR) is 136 cm³/mol. The third-order valence-electron chi connectivity index (χ3n) is 6.76. The molecule has 0 atom stereocenters. The van der Waals surface area contributed by atoms with Crippen molar-refractivity contribution in [3.05, 3.63) is 0 Å². The van der Waals surface area contributed by atoms with Gasteiger partial charge >= 0.3 is 0 Å². The van der Waals surface area contributed by atoms with Crippen molar-refractivity contribution in [1.82, 2.24) is 13.7 Å². The summed E-state index contributed by atoms with van der Waals surface area (Å²) in [7, 11) is 11.9. The van der Waals surface area contributed by atoms with Gasteiger partial charge in [-0.2, -0.15) is 0 Å². The molecule has 0 aromatic rings. The van der Waals surface area contributed by atoms with E-state index >= 15 is 0 Å². The summed E-state index contributed by atoms with van der Waals surface area (Å²) in [5.74, 6) is 0. The monoisotopic (exact) mass is 427 g/mol. The van der Waals surface area contributed by atoms with Crippen LogP contribution in [-0.2, 0) is 0 Å². The molecule has 0 aromatic carbocycles. The maximum atomic E-state index is 2.50. The fourth-order valence-electron chi connectivity index (χ4n) is 4.96. The number of nitrogens with zero attached hydrogens (tertiary/aromatic N) is 3. The second kappa shape index (κ2) is 18.8. The zero-order chi connectivity index (χ0) is 22.0. The fourth-order valence-corrected chi connectivity index (χ4v) is 9.42. The van der Waals surface area contributed by atoms with Crippen molar-refractivity contribution in [3.8, 4) is 0 Å². The Labute approximate surface area is 186 Å². The third kappa shape index (κ3) is 13.2. The van der Waals surface area contributed by atoms with Gasteiger partial charge in [0.1, 0.15) is 0 Å². The van der Waals surface area contributed by atoms with Crippen LogP contribution < -0.4 is 0 Å². The van der Waals surface area contributed by atoms with E-state index in [1.165, 1.54) is 115 Å². The van der Waals surface area contributed by atoms with Crippen molar-refractivity contribution in [2.24, 2.45) is 0 Å². The molecule has 0 radical (unpaired) electrons. The van der Waals surface area contributed by atoms with Crippen molar-refractivity contribution < 1.29 is 0 Å². The van der Waals surface area contributed by atoms with Crippen LogP contribution >= 0.6 is 0 Å². The number of hydrogen-bond donors (Lipinski definition) is 0. The summed E-state index contributed by atoms with van der Waals surface area (Å²) < 4.78 is 7.50. The molecule has 0 unspecified atom stereocenters. The molecular formula is C25H57N3Si. The molecule has 0 aliphatic rings. The topological polar surface area (TPSA) is 9.72 Å². The Bertz CT molecular complexity index is 323. The van der Waals surface area contributed by atoms with Gasteiger partial charge in [0.15, 0.2) is 0 Å². The van der Waals surface area contributed by atoms with Crippen LogP contribution in [0.4, 0.5) is 0 Å². The largest absolute Gasteiger partial charge is 0.305 e. The zero-order valence-corrected chi connectivity index (χ0v) is 22.6. The van der Waals surface area contributed by atoms with E-state index in [9.17, 15) is 0 Å². The molecule has 0 aromatic heterocycles. The highest BCUT2D eigenvalue weighted by molar-refractivity contribution is 6.71. The standard InChI is InChI=1S/C25H57N3Si/c1-8-9-10-11-12-13-14-15-16-17-18-19-20-21-22-23-24-25-29(26(2)3,27(4)5)28(6)7/h8-25H2,1-7H3. The van der Waals surface area contributed by atoms with E-state index in [1.54, 1.807) is 0 Å². The van der Waals surface area contributed by atoms with Gasteiger partial charge in [-0.05, 0) is 48.3 Å². The van der Waals surface area contributed by atoms with Gasteiger partial charge in [0, 0.05) is 0 Å². The first-order valence-electron chi connectivity index (χ1n) is 12.9. The molecule has 0 fully saturated rings. The molecule has 0 aliphatic heterocycles. The Morgan fingerprint density at radius 2 is 0.621 bits per heavy atom. The highest BCUT2D eigenvalue weighted by Crippen LogP contribution is 2.22. The molecule has 0 rings (SSSR count). The number of rotatable bonds is 21. The van der Waals surface area contributed by atoms with E-state index in [0.717, 1.165) is 0 Å². The molecule has 0 amide bonds. The predicted octanol–water partition coefficient (Wildman–Crippen LogP) is 7.26. The summed E-state index contributed by atoms with van der Waals surface area (Å²) in [4.78, 5) is 0. The Balaban J connectivity index is 3.51.